The molecule has 82 valence electrons. The zero-order valence-electron chi connectivity index (χ0n) is 8.50. The predicted molar refractivity (Wildman–Crippen MR) is 54.5 cm³/mol. The molecule has 6 nitrogen and oxygen atoms in total. The first-order chi connectivity index (χ1) is 7.13. The highest BCUT2D eigenvalue weighted by Crippen LogP contribution is 2.23. The number of nitrogens with one attached hydrogen (secondary N) is 1. The van der Waals surface area contributed by atoms with E-state index in [0.29, 0.717) is 5.82 Å². The Morgan fingerprint density at radius 1 is 1.40 bits per heavy atom. The van der Waals surface area contributed by atoms with Crippen LogP contribution in [0.2, 0.25) is 5.15 Å². The molecule has 0 spiro atoms. The minimum absolute atomic E-state index is 0.0519. The van der Waals surface area contributed by atoms with Gasteiger partial charge in [0.1, 0.15) is 0 Å². The Kier molecular flexibility index (Phi) is 3.68. The van der Waals surface area contributed by atoms with Crippen molar-refractivity contribution in [3.63, 3.8) is 0 Å². The van der Waals surface area contributed by atoms with Gasteiger partial charge in [0.15, 0.2) is 11.0 Å². The van der Waals surface area contributed by atoms with Crippen molar-refractivity contribution >= 4 is 23.4 Å². The zero-order valence-corrected chi connectivity index (χ0v) is 9.25. The van der Waals surface area contributed by atoms with Crippen molar-refractivity contribution in [2.45, 2.75) is 0 Å². The van der Waals surface area contributed by atoms with Crippen LogP contribution in [0.4, 0.5) is 5.82 Å². The minimum atomic E-state index is -0.649. The Morgan fingerprint density at radius 3 is 2.53 bits per heavy atom. The second-order valence-electron chi connectivity index (χ2n) is 2.46. The van der Waals surface area contributed by atoms with E-state index in [2.05, 4.69) is 20.0 Å². The van der Waals surface area contributed by atoms with Crippen LogP contribution < -0.4 is 10.1 Å². The maximum atomic E-state index is 11.3. The van der Waals surface area contributed by atoms with Crippen LogP contribution in [0.3, 0.4) is 0 Å². The van der Waals surface area contributed by atoms with Crippen LogP contribution in [0.25, 0.3) is 0 Å². The van der Waals surface area contributed by atoms with E-state index in [9.17, 15) is 4.79 Å². The molecule has 15 heavy (non-hydrogen) atoms. The summed E-state index contributed by atoms with van der Waals surface area (Å²) in [7, 11) is 4.25. The van der Waals surface area contributed by atoms with Gasteiger partial charge in [0, 0.05) is 7.05 Å². The lowest BCUT2D eigenvalue weighted by atomic mass is 10.4. The molecule has 1 aromatic heterocycles. The molecule has 0 amide bonds. The molecule has 1 rings (SSSR count). The summed E-state index contributed by atoms with van der Waals surface area (Å²) < 4.78 is 9.40. The Morgan fingerprint density at radius 2 is 2.07 bits per heavy atom. The summed E-state index contributed by atoms with van der Waals surface area (Å²) in [6.45, 7) is 0. The number of halogens is 1. The molecule has 0 saturated heterocycles. The molecule has 0 radical (unpaired) electrons. The van der Waals surface area contributed by atoms with E-state index < -0.39 is 5.97 Å². The van der Waals surface area contributed by atoms with Gasteiger partial charge in [-0.25, -0.2) is 9.78 Å². The van der Waals surface area contributed by atoms with Crippen molar-refractivity contribution in [2.75, 3.05) is 26.6 Å². The van der Waals surface area contributed by atoms with E-state index in [1.165, 1.54) is 14.2 Å². The van der Waals surface area contributed by atoms with Gasteiger partial charge >= 0.3 is 5.97 Å². The smallest absolute Gasteiger partial charge is 0.362 e. The van der Waals surface area contributed by atoms with Gasteiger partial charge in [-0.05, 0) is 0 Å². The van der Waals surface area contributed by atoms with Gasteiger partial charge in [-0.1, -0.05) is 11.6 Å². The first-order valence-electron chi connectivity index (χ1n) is 4.01. The number of methoxy groups -OCH3 is 2. The summed E-state index contributed by atoms with van der Waals surface area (Å²) >= 11 is 5.76. The van der Waals surface area contributed by atoms with Crippen molar-refractivity contribution in [1.29, 1.82) is 0 Å². The molecular weight excluding hydrogens is 222 g/mol. The van der Waals surface area contributed by atoms with Crippen LogP contribution >= 0.6 is 11.6 Å². The van der Waals surface area contributed by atoms with Gasteiger partial charge in [0.2, 0.25) is 11.6 Å². The van der Waals surface area contributed by atoms with Crippen LogP contribution in [0.5, 0.6) is 5.88 Å². The minimum Gasteiger partial charge on any atom is -0.479 e. The van der Waals surface area contributed by atoms with Gasteiger partial charge in [-0.15, -0.1) is 0 Å². The van der Waals surface area contributed by atoms with Crippen LogP contribution in [0, 0.1) is 0 Å². The molecule has 0 fully saturated rings. The summed E-state index contributed by atoms with van der Waals surface area (Å²) in [5.41, 5.74) is -0.0519. The van der Waals surface area contributed by atoms with E-state index in [1.54, 1.807) is 7.05 Å². The third-order valence-electron chi connectivity index (χ3n) is 1.63. The van der Waals surface area contributed by atoms with E-state index in [4.69, 9.17) is 16.3 Å². The molecule has 0 aliphatic carbocycles. The summed E-state index contributed by atoms with van der Waals surface area (Å²) in [6.07, 6.45) is 0. The highest BCUT2D eigenvalue weighted by atomic mass is 35.5. The number of rotatable bonds is 3. The summed E-state index contributed by atoms with van der Waals surface area (Å²) in [5, 5.41) is 2.80. The lowest BCUT2D eigenvalue weighted by Crippen LogP contribution is -2.10. The third kappa shape index (κ3) is 2.27. The maximum absolute atomic E-state index is 11.3. The van der Waals surface area contributed by atoms with Gasteiger partial charge in [-0.2, -0.15) is 4.98 Å². The highest BCUT2D eigenvalue weighted by Gasteiger charge is 2.19. The molecule has 0 unspecified atom stereocenters. The topological polar surface area (TPSA) is 73.3 Å². The van der Waals surface area contributed by atoms with Crippen molar-refractivity contribution in [1.82, 2.24) is 9.97 Å². The Bertz CT molecular complexity index is 384. The molecule has 0 aliphatic rings. The Hall–Kier alpha value is -1.56. The van der Waals surface area contributed by atoms with Crippen molar-refractivity contribution < 1.29 is 14.3 Å². The van der Waals surface area contributed by atoms with E-state index in [-0.39, 0.29) is 16.7 Å². The number of carbonyl (C=O) groups excluding carboxylic acids is 1. The van der Waals surface area contributed by atoms with E-state index in [0.717, 1.165) is 0 Å². The van der Waals surface area contributed by atoms with E-state index in [1.807, 2.05) is 0 Å². The number of esters is 1. The number of ether oxygens (including phenoxy) is 2. The van der Waals surface area contributed by atoms with Crippen molar-refractivity contribution in [3.8, 4) is 5.88 Å². The molecule has 0 saturated carbocycles. The molecular formula is C8H10ClN3O3. The van der Waals surface area contributed by atoms with Crippen LogP contribution in [-0.2, 0) is 4.74 Å². The fraction of sp³-hybridized carbons (Fsp3) is 0.375. The third-order valence-corrected chi connectivity index (χ3v) is 1.89. The first kappa shape index (κ1) is 11.5. The summed E-state index contributed by atoms with van der Waals surface area (Å²) in [4.78, 5) is 19.0. The van der Waals surface area contributed by atoms with Gasteiger partial charge in [0.25, 0.3) is 0 Å². The van der Waals surface area contributed by atoms with Crippen molar-refractivity contribution in [3.05, 3.63) is 10.8 Å². The summed E-state index contributed by atoms with van der Waals surface area (Å²) in [5.74, 6) is -0.249. The normalized spacial score (nSPS) is 9.60. The van der Waals surface area contributed by atoms with E-state index >= 15 is 0 Å². The second kappa shape index (κ2) is 4.79. The van der Waals surface area contributed by atoms with Gasteiger partial charge in [-0.3, -0.25) is 0 Å². The number of hydrogen-bond acceptors (Lipinski definition) is 6. The maximum Gasteiger partial charge on any atom is 0.362 e. The predicted octanol–water partition coefficient (Wildman–Crippen LogP) is 0.967. The number of carbonyl (C=O) groups is 1. The van der Waals surface area contributed by atoms with Crippen LogP contribution in [0.1, 0.15) is 10.5 Å². The standard InChI is InChI=1S/C8H10ClN3O3/c1-10-6-5(9)11-4(8(13)15-3)7(12-6)14-2/h1-3H3,(H,10,12). The van der Waals surface area contributed by atoms with Gasteiger partial charge in [0.05, 0.1) is 14.2 Å². The number of nitrogens with zero attached hydrogens (tertiary/aromatic N) is 2. The second-order valence-corrected chi connectivity index (χ2v) is 2.82. The molecule has 7 heteroatoms. The molecule has 0 atom stereocenters. The molecule has 0 aromatic carbocycles. The zero-order chi connectivity index (χ0) is 11.4. The van der Waals surface area contributed by atoms with Crippen molar-refractivity contribution in [2.24, 2.45) is 0 Å². The fourth-order valence-corrected chi connectivity index (χ4v) is 1.15. The Labute approximate surface area is 91.6 Å². The Balaban J connectivity index is 3.27. The fourth-order valence-electron chi connectivity index (χ4n) is 0.931. The average molecular weight is 232 g/mol. The molecule has 1 N–H and O–H groups in total. The number of anilines is 1. The number of aromatic nitrogens is 2. The molecule has 0 aliphatic heterocycles. The SMILES string of the molecule is CNc1nc(OC)c(C(=O)OC)nc1Cl. The van der Waals surface area contributed by atoms with Crippen LogP contribution in [0.15, 0.2) is 0 Å². The lowest BCUT2D eigenvalue weighted by molar-refractivity contribution is 0.0589. The molecule has 1 aromatic rings. The molecule has 0 bridgehead atoms. The quantitative estimate of drug-likeness (QED) is 0.782. The monoisotopic (exact) mass is 231 g/mol. The lowest BCUT2D eigenvalue weighted by Gasteiger charge is -2.08. The molecule has 1 heterocycles. The largest absolute Gasteiger partial charge is 0.479 e. The first-order valence-corrected chi connectivity index (χ1v) is 4.39. The van der Waals surface area contributed by atoms with Crippen LogP contribution in [-0.4, -0.2) is 37.2 Å². The van der Waals surface area contributed by atoms with Gasteiger partial charge < -0.3 is 14.8 Å². The summed E-state index contributed by atoms with van der Waals surface area (Å²) in [6, 6.07) is 0. The average Bonchev–Trinajstić information content (AvgIpc) is 2.27. The highest BCUT2D eigenvalue weighted by molar-refractivity contribution is 6.31. The number of hydrogen-bond donors (Lipinski definition) is 1.